The van der Waals surface area contributed by atoms with E-state index in [1.165, 1.54) is 0 Å². The van der Waals surface area contributed by atoms with Gasteiger partial charge in [0.2, 0.25) is 0 Å². The third-order valence-electron chi connectivity index (χ3n) is 3.08. The molecule has 0 saturated carbocycles. The first-order valence-electron chi connectivity index (χ1n) is 6.08. The lowest BCUT2D eigenvalue weighted by Crippen LogP contribution is -2.19. The van der Waals surface area contributed by atoms with Crippen LogP contribution in [0.5, 0.6) is 0 Å². The summed E-state index contributed by atoms with van der Waals surface area (Å²) in [4.78, 5) is 4.13. The molecule has 18 heavy (non-hydrogen) atoms. The van der Waals surface area contributed by atoms with Gasteiger partial charge in [-0.1, -0.05) is 18.5 Å². The van der Waals surface area contributed by atoms with E-state index in [-0.39, 0.29) is 6.04 Å². The summed E-state index contributed by atoms with van der Waals surface area (Å²) in [5.74, 6) is 0. The van der Waals surface area contributed by atoms with Crippen molar-refractivity contribution in [3.63, 3.8) is 0 Å². The highest BCUT2D eigenvalue weighted by Gasteiger charge is 2.19. The fourth-order valence-corrected chi connectivity index (χ4v) is 2.38. The van der Waals surface area contributed by atoms with Crippen molar-refractivity contribution in [2.75, 3.05) is 0 Å². The predicted molar refractivity (Wildman–Crippen MR) is 72.6 cm³/mol. The molecule has 0 spiro atoms. The molecule has 2 aromatic rings. The van der Waals surface area contributed by atoms with E-state index in [4.69, 9.17) is 17.3 Å². The minimum absolute atomic E-state index is 0.266. The molecule has 2 rings (SSSR count). The van der Waals surface area contributed by atoms with Gasteiger partial charge < -0.3 is 5.73 Å². The zero-order chi connectivity index (χ0) is 13.1. The Morgan fingerprint density at radius 1 is 1.39 bits per heavy atom. The first-order valence-corrected chi connectivity index (χ1v) is 6.46. The molecule has 4 nitrogen and oxygen atoms in total. The number of nitrogens with zero attached hydrogens (tertiary/aromatic N) is 3. The second-order valence-corrected chi connectivity index (χ2v) is 4.51. The van der Waals surface area contributed by atoms with E-state index in [2.05, 4.69) is 17.0 Å². The lowest BCUT2D eigenvalue weighted by molar-refractivity contribution is 0.599. The van der Waals surface area contributed by atoms with Gasteiger partial charge in [-0.15, -0.1) is 0 Å². The molecule has 0 aliphatic heterocycles. The van der Waals surface area contributed by atoms with Crippen molar-refractivity contribution >= 4 is 11.6 Å². The summed E-state index contributed by atoms with van der Waals surface area (Å²) in [6.07, 6.45) is 6.16. The molecular formula is C13H17ClN4. The maximum atomic E-state index is 6.34. The molecule has 2 N–H and O–H groups in total. The first-order chi connectivity index (χ1) is 8.69. The molecule has 0 fully saturated rings. The van der Waals surface area contributed by atoms with Crippen LogP contribution in [0.1, 0.15) is 36.7 Å². The van der Waals surface area contributed by atoms with Crippen molar-refractivity contribution in [2.24, 2.45) is 5.73 Å². The second-order valence-electron chi connectivity index (χ2n) is 4.10. The van der Waals surface area contributed by atoms with E-state index >= 15 is 0 Å². The number of hydrogen-bond donors (Lipinski definition) is 1. The van der Waals surface area contributed by atoms with Crippen LogP contribution in [0.15, 0.2) is 24.7 Å². The summed E-state index contributed by atoms with van der Waals surface area (Å²) in [5, 5.41) is 4.84. The molecule has 1 atom stereocenters. The molecule has 2 heterocycles. The summed E-state index contributed by atoms with van der Waals surface area (Å²) < 4.78 is 1.84. The van der Waals surface area contributed by atoms with Gasteiger partial charge in [0.15, 0.2) is 0 Å². The van der Waals surface area contributed by atoms with Crippen LogP contribution < -0.4 is 5.73 Å². The van der Waals surface area contributed by atoms with Crippen molar-refractivity contribution in [1.82, 2.24) is 14.8 Å². The maximum Gasteiger partial charge on any atom is 0.0837 e. The van der Waals surface area contributed by atoms with Crippen LogP contribution in [0.25, 0.3) is 0 Å². The molecule has 96 valence electrons. The average molecular weight is 265 g/mol. The van der Waals surface area contributed by atoms with E-state index in [9.17, 15) is 0 Å². The minimum atomic E-state index is -0.266. The van der Waals surface area contributed by atoms with Gasteiger partial charge in [0, 0.05) is 18.9 Å². The smallest absolute Gasteiger partial charge is 0.0837 e. The van der Waals surface area contributed by atoms with Gasteiger partial charge >= 0.3 is 0 Å². The molecule has 2 aromatic heterocycles. The Bertz CT molecular complexity index is 536. The number of pyridine rings is 1. The number of aromatic nitrogens is 3. The fourth-order valence-electron chi connectivity index (χ4n) is 2.12. The standard InChI is InChI=1S/C13H17ClN4/c1-3-9-7-16-6-5-10(9)12(15)13-11(14)8-17-18(13)4-2/h5-8,12H,3-4,15H2,1-2H3. The predicted octanol–water partition coefficient (Wildman–Crippen LogP) is 2.56. The summed E-state index contributed by atoms with van der Waals surface area (Å²) in [6, 6.07) is 1.69. The van der Waals surface area contributed by atoms with Gasteiger partial charge in [-0.05, 0) is 30.5 Å². The molecule has 0 amide bonds. The fraction of sp³-hybridized carbons (Fsp3) is 0.385. The van der Waals surface area contributed by atoms with E-state index in [1.807, 2.05) is 23.9 Å². The number of hydrogen-bond acceptors (Lipinski definition) is 3. The van der Waals surface area contributed by atoms with Gasteiger partial charge in [-0.25, -0.2) is 0 Å². The highest BCUT2D eigenvalue weighted by molar-refractivity contribution is 6.31. The maximum absolute atomic E-state index is 6.34. The van der Waals surface area contributed by atoms with Crippen LogP contribution in [-0.2, 0) is 13.0 Å². The Labute approximate surface area is 112 Å². The third-order valence-corrected chi connectivity index (χ3v) is 3.38. The summed E-state index contributed by atoms with van der Waals surface area (Å²) >= 11 is 6.19. The van der Waals surface area contributed by atoms with Crippen molar-refractivity contribution in [1.29, 1.82) is 0 Å². The summed E-state index contributed by atoms with van der Waals surface area (Å²) in [5.41, 5.74) is 9.41. The topological polar surface area (TPSA) is 56.7 Å². The zero-order valence-corrected chi connectivity index (χ0v) is 11.4. The number of rotatable bonds is 4. The van der Waals surface area contributed by atoms with Crippen LogP contribution in [-0.4, -0.2) is 14.8 Å². The van der Waals surface area contributed by atoms with Crippen LogP contribution in [0.3, 0.4) is 0 Å². The second kappa shape index (κ2) is 5.50. The highest BCUT2D eigenvalue weighted by Crippen LogP contribution is 2.28. The molecule has 0 radical (unpaired) electrons. The van der Waals surface area contributed by atoms with Gasteiger partial charge in [-0.2, -0.15) is 5.10 Å². The average Bonchev–Trinajstić information content (AvgIpc) is 2.79. The zero-order valence-electron chi connectivity index (χ0n) is 10.6. The quantitative estimate of drug-likeness (QED) is 0.923. The number of aryl methyl sites for hydroxylation is 2. The number of nitrogens with two attached hydrogens (primary N) is 1. The lowest BCUT2D eigenvalue weighted by Gasteiger charge is -2.17. The molecule has 0 saturated heterocycles. The minimum Gasteiger partial charge on any atom is -0.319 e. The SMILES string of the molecule is CCc1cnccc1C(N)c1c(Cl)cnn1CC. The summed E-state index contributed by atoms with van der Waals surface area (Å²) in [7, 11) is 0. The molecule has 0 aromatic carbocycles. The Morgan fingerprint density at radius 3 is 2.83 bits per heavy atom. The summed E-state index contributed by atoms with van der Waals surface area (Å²) in [6.45, 7) is 4.86. The van der Waals surface area contributed by atoms with Gasteiger partial charge in [0.05, 0.1) is 23.0 Å². The third kappa shape index (κ3) is 2.26. The van der Waals surface area contributed by atoms with Gasteiger partial charge in [-0.3, -0.25) is 9.67 Å². The molecule has 0 aliphatic carbocycles. The van der Waals surface area contributed by atoms with Crippen LogP contribution in [0, 0.1) is 0 Å². The van der Waals surface area contributed by atoms with Crippen molar-refractivity contribution in [2.45, 2.75) is 32.9 Å². The van der Waals surface area contributed by atoms with Gasteiger partial charge in [0.1, 0.15) is 0 Å². The number of halogens is 1. The largest absolute Gasteiger partial charge is 0.319 e. The van der Waals surface area contributed by atoms with Crippen molar-refractivity contribution < 1.29 is 0 Å². The molecule has 0 aliphatic rings. The van der Waals surface area contributed by atoms with Crippen LogP contribution >= 0.6 is 11.6 Å². The Balaban J connectivity index is 2.47. The van der Waals surface area contributed by atoms with Crippen molar-refractivity contribution in [3.8, 4) is 0 Å². The monoisotopic (exact) mass is 264 g/mol. The molecule has 0 bridgehead atoms. The highest BCUT2D eigenvalue weighted by atomic mass is 35.5. The van der Waals surface area contributed by atoms with E-state index in [0.29, 0.717) is 5.02 Å². The van der Waals surface area contributed by atoms with E-state index in [0.717, 1.165) is 29.8 Å². The Kier molecular flexibility index (Phi) is 3.99. The normalized spacial score (nSPS) is 12.7. The molecular weight excluding hydrogens is 248 g/mol. The lowest BCUT2D eigenvalue weighted by atomic mass is 9.99. The van der Waals surface area contributed by atoms with Crippen LogP contribution in [0.2, 0.25) is 5.02 Å². The van der Waals surface area contributed by atoms with E-state index < -0.39 is 0 Å². The first kappa shape index (κ1) is 13.1. The van der Waals surface area contributed by atoms with Gasteiger partial charge in [0.25, 0.3) is 0 Å². The molecule has 1 unspecified atom stereocenters. The van der Waals surface area contributed by atoms with E-state index in [1.54, 1.807) is 12.4 Å². The molecule has 5 heteroatoms. The Morgan fingerprint density at radius 2 is 2.17 bits per heavy atom. The van der Waals surface area contributed by atoms with Crippen LogP contribution in [0.4, 0.5) is 0 Å². The Hall–Kier alpha value is -1.39. The van der Waals surface area contributed by atoms with Crippen molar-refractivity contribution in [3.05, 3.63) is 46.5 Å².